The number of rotatable bonds is 5. The number of pyridine rings is 1. The summed E-state index contributed by atoms with van der Waals surface area (Å²) in [6.07, 6.45) is 3.33. The van der Waals surface area contributed by atoms with Crippen molar-refractivity contribution in [3.63, 3.8) is 0 Å². The van der Waals surface area contributed by atoms with Gasteiger partial charge in [0.15, 0.2) is 18.1 Å². The molecule has 3 aromatic rings. The first-order valence-corrected chi connectivity index (χ1v) is 11.0. The van der Waals surface area contributed by atoms with E-state index in [9.17, 15) is 9.59 Å². The summed E-state index contributed by atoms with van der Waals surface area (Å²) in [7, 11) is 0. The molecule has 0 spiro atoms. The summed E-state index contributed by atoms with van der Waals surface area (Å²) in [6, 6.07) is 14.8. The highest BCUT2D eigenvalue weighted by atomic mass is 16.7. The summed E-state index contributed by atoms with van der Waals surface area (Å²) in [4.78, 5) is 30.4. The summed E-state index contributed by atoms with van der Waals surface area (Å²) in [5.74, 6) is 0.127. The second-order valence-corrected chi connectivity index (χ2v) is 8.28. The van der Waals surface area contributed by atoms with E-state index >= 15 is 0 Å². The van der Waals surface area contributed by atoms with Crippen molar-refractivity contribution in [2.45, 2.75) is 19.8 Å². The van der Waals surface area contributed by atoms with Crippen LogP contribution in [0.25, 0.3) is 22.6 Å². The zero-order valence-corrected chi connectivity index (χ0v) is 19.0. The first-order chi connectivity index (χ1) is 17.0. The monoisotopic (exact) mass is 467 g/mol. The van der Waals surface area contributed by atoms with Crippen molar-refractivity contribution in [3.8, 4) is 17.6 Å². The van der Waals surface area contributed by atoms with Gasteiger partial charge < -0.3 is 19.9 Å². The summed E-state index contributed by atoms with van der Waals surface area (Å²) in [5, 5.41) is 9.79. The number of nitrogens with zero attached hydrogens (tertiary/aromatic N) is 2. The standard InChI is InChI=1S/C27H21N3O5/c1-15(29)20(12-28)22(31)13-33-27(32)25-18-4-2-3-5-21(18)30-26-17(7-8-19(25)26)10-16-6-9-23-24(11-16)35-14-34-23/h2-6,9-11H,7-8,13-14,29H2,1H3/b17-10+,20-15+. The van der Waals surface area contributed by atoms with Crippen LogP contribution in [-0.4, -0.2) is 30.1 Å². The van der Waals surface area contributed by atoms with Gasteiger partial charge in [0, 0.05) is 11.1 Å². The minimum absolute atomic E-state index is 0.0853. The Bertz CT molecular complexity index is 1490. The van der Waals surface area contributed by atoms with E-state index < -0.39 is 18.4 Å². The van der Waals surface area contributed by atoms with Gasteiger partial charge in [-0.15, -0.1) is 0 Å². The Morgan fingerprint density at radius 1 is 1.17 bits per heavy atom. The van der Waals surface area contributed by atoms with Gasteiger partial charge in [-0.3, -0.25) is 4.79 Å². The summed E-state index contributed by atoms with van der Waals surface area (Å²) in [5.41, 5.74) is 9.94. The van der Waals surface area contributed by atoms with Gasteiger partial charge in [0.2, 0.25) is 12.6 Å². The van der Waals surface area contributed by atoms with Gasteiger partial charge in [-0.05, 0) is 60.7 Å². The van der Waals surface area contributed by atoms with Crippen LogP contribution < -0.4 is 15.2 Å². The van der Waals surface area contributed by atoms with E-state index in [1.165, 1.54) is 6.92 Å². The number of hydrogen-bond donors (Lipinski definition) is 1. The predicted octanol–water partition coefficient (Wildman–Crippen LogP) is 3.93. The zero-order valence-electron chi connectivity index (χ0n) is 19.0. The molecule has 8 heteroatoms. The Kier molecular flexibility index (Phi) is 5.67. The molecule has 1 aliphatic heterocycles. The van der Waals surface area contributed by atoms with Gasteiger partial charge >= 0.3 is 5.97 Å². The SMILES string of the molecule is C/C(N)=C(/C#N)C(=O)COC(=O)c1c2c(nc3ccccc13)/C(=C/c1ccc3c(c1)OCO3)CC2. The molecule has 1 aliphatic carbocycles. The molecule has 2 heterocycles. The van der Waals surface area contributed by atoms with Gasteiger partial charge in [-0.25, -0.2) is 9.78 Å². The number of carbonyl (C=O) groups is 2. The van der Waals surface area contributed by atoms with Gasteiger partial charge in [0.25, 0.3) is 0 Å². The van der Waals surface area contributed by atoms with Crippen LogP contribution in [-0.2, 0) is 16.0 Å². The molecule has 0 amide bonds. The summed E-state index contributed by atoms with van der Waals surface area (Å²) < 4.78 is 16.2. The molecule has 1 aromatic heterocycles. The van der Waals surface area contributed by atoms with Crippen LogP contribution in [0.2, 0.25) is 0 Å². The number of benzene rings is 2. The van der Waals surface area contributed by atoms with E-state index in [-0.39, 0.29) is 18.1 Å². The lowest BCUT2D eigenvalue weighted by Crippen LogP contribution is -2.19. The van der Waals surface area contributed by atoms with Crippen LogP contribution >= 0.6 is 0 Å². The maximum absolute atomic E-state index is 13.2. The van der Waals surface area contributed by atoms with Crippen molar-refractivity contribution in [3.05, 3.63) is 76.1 Å². The number of allylic oxidation sites excluding steroid dienone is 2. The van der Waals surface area contributed by atoms with Crippen LogP contribution in [0.1, 0.15) is 40.5 Å². The van der Waals surface area contributed by atoms with Crippen molar-refractivity contribution >= 4 is 34.3 Å². The second kappa shape index (κ2) is 8.95. The molecule has 0 saturated carbocycles. The highest BCUT2D eigenvalue weighted by Crippen LogP contribution is 2.39. The van der Waals surface area contributed by atoms with Crippen LogP contribution in [0.5, 0.6) is 11.5 Å². The van der Waals surface area contributed by atoms with Crippen molar-refractivity contribution in [1.82, 2.24) is 4.98 Å². The van der Waals surface area contributed by atoms with Gasteiger partial charge in [0.05, 0.1) is 16.8 Å². The van der Waals surface area contributed by atoms with E-state index in [0.29, 0.717) is 40.8 Å². The summed E-state index contributed by atoms with van der Waals surface area (Å²) >= 11 is 0. The van der Waals surface area contributed by atoms with Crippen molar-refractivity contribution in [2.24, 2.45) is 5.73 Å². The number of nitrogens with two attached hydrogens (primary N) is 1. The Morgan fingerprint density at radius 2 is 1.97 bits per heavy atom. The smallest absolute Gasteiger partial charge is 0.339 e. The number of fused-ring (bicyclic) bond motifs is 3. The zero-order chi connectivity index (χ0) is 24.5. The quantitative estimate of drug-likeness (QED) is 0.340. The Hall–Kier alpha value is -4.64. The fraction of sp³-hybridized carbons (Fsp3) is 0.185. The molecule has 8 nitrogen and oxygen atoms in total. The Balaban J connectivity index is 1.51. The summed E-state index contributed by atoms with van der Waals surface area (Å²) in [6.45, 7) is 1.09. The topological polar surface area (TPSA) is 125 Å². The molecule has 0 radical (unpaired) electrons. The fourth-order valence-electron chi connectivity index (χ4n) is 4.36. The minimum Gasteiger partial charge on any atom is -0.454 e. The van der Waals surface area contributed by atoms with E-state index in [2.05, 4.69) is 0 Å². The highest BCUT2D eigenvalue weighted by molar-refractivity contribution is 6.08. The number of para-hydroxylation sites is 1. The van der Waals surface area contributed by atoms with Crippen LogP contribution in [0.3, 0.4) is 0 Å². The molecule has 0 fully saturated rings. The van der Waals surface area contributed by atoms with Gasteiger partial charge in [-0.2, -0.15) is 5.26 Å². The second-order valence-electron chi connectivity index (χ2n) is 8.28. The Labute approximate surface area is 201 Å². The molecule has 0 saturated heterocycles. The minimum atomic E-state index is -0.640. The number of Topliss-reactive ketones (excluding diaryl/α,β-unsaturated/α-hetero) is 1. The number of ether oxygens (including phenoxy) is 3. The number of nitriles is 1. The third kappa shape index (κ3) is 4.08. The van der Waals surface area contributed by atoms with E-state index in [1.807, 2.05) is 48.5 Å². The molecule has 35 heavy (non-hydrogen) atoms. The number of aromatic nitrogens is 1. The van der Waals surface area contributed by atoms with Gasteiger partial charge in [-0.1, -0.05) is 24.3 Å². The third-order valence-corrected chi connectivity index (χ3v) is 6.00. The molecule has 5 rings (SSSR count). The third-order valence-electron chi connectivity index (χ3n) is 6.00. The average Bonchev–Trinajstić information content (AvgIpc) is 3.48. The molecular weight excluding hydrogens is 446 g/mol. The molecular formula is C27H21N3O5. The molecule has 2 aliphatic rings. The van der Waals surface area contributed by atoms with Crippen molar-refractivity contribution in [1.29, 1.82) is 5.26 Å². The number of esters is 1. The number of hydrogen-bond acceptors (Lipinski definition) is 8. The lowest BCUT2D eigenvalue weighted by atomic mass is 10.0. The van der Waals surface area contributed by atoms with Gasteiger partial charge in [0.1, 0.15) is 11.6 Å². The van der Waals surface area contributed by atoms with Crippen LogP contribution in [0, 0.1) is 11.3 Å². The normalized spacial score (nSPS) is 15.5. The first kappa shape index (κ1) is 22.2. The molecule has 2 N–H and O–H groups in total. The first-order valence-electron chi connectivity index (χ1n) is 11.0. The molecule has 0 bridgehead atoms. The average molecular weight is 467 g/mol. The fourth-order valence-corrected chi connectivity index (χ4v) is 4.36. The number of ketones is 1. The van der Waals surface area contributed by atoms with Crippen LogP contribution in [0.4, 0.5) is 0 Å². The van der Waals surface area contributed by atoms with E-state index in [1.54, 1.807) is 6.07 Å². The molecule has 0 atom stereocenters. The Morgan fingerprint density at radius 3 is 2.77 bits per heavy atom. The molecule has 2 aromatic carbocycles. The van der Waals surface area contributed by atoms with Crippen molar-refractivity contribution < 1.29 is 23.8 Å². The van der Waals surface area contributed by atoms with Crippen LogP contribution in [0.15, 0.2) is 53.7 Å². The van der Waals surface area contributed by atoms with Crippen molar-refractivity contribution in [2.75, 3.05) is 13.4 Å². The predicted molar refractivity (Wildman–Crippen MR) is 128 cm³/mol. The van der Waals surface area contributed by atoms with E-state index in [0.717, 1.165) is 22.4 Å². The number of carbonyl (C=O) groups excluding carboxylic acids is 2. The lowest BCUT2D eigenvalue weighted by Gasteiger charge is -2.12. The molecule has 174 valence electrons. The maximum atomic E-state index is 13.2. The highest BCUT2D eigenvalue weighted by Gasteiger charge is 2.28. The lowest BCUT2D eigenvalue weighted by molar-refractivity contribution is -0.118. The maximum Gasteiger partial charge on any atom is 0.339 e. The van der Waals surface area contributed by atoms with E-state index in [4.69, 9.17) is 30.2 Å². The largest absolute Gasteiger partial charge is 0.454 e. The molecule has 0 unspecified atom stereocenters.